The van der Waals surface area contributed by atoms with Gasteiger partial charge < -0.3 is 4.90 Å². The number of amides is 2. The van der Waals surface area contributed by atoms with E-state index >= 15 is 0 Å². The third-order valence-corrected chi connectivity index (χ3v) is 6.00. The van der Waals surface area contributed by atoms with Crippen LogP contribution in [0, 0.1) is 4.91 Å². The first-order valence-electron chi connectivity index (χ1n) is 7.71. The quantitative estimate of drug-likeness (QED) is 0.371. The topological polar surface area (TPSA) is 90.4 Å². The summed E-state index contributed by atoms with van der Waals surface area (Å²) in [6, 6.07) is -0.630. The number of carbonyl (C=O) groups excluding carboxylic acids is 1. The highest BCUT2D eigenvalue weighted by atomic mass is 35.5. The molecule has 2 amide bonds. The van der Waals surface area contributed by atoms with E-state index in [1.54, 1.807) is 0 Å². The molecule has 0 saturated heterocycles. The normalized spacial score (nSPS) is 16.3. The number of halogens is 1. The number of hydrogen-bond acceptors (Lipinski definition) is 5. The van der Waals surface area contributed by atoms with Crippen molar-refractivity contribution in [3.8, 4) is 0 Å². The van der Waals surface area contributed by atoms with Crippen molar-refractivity contribution < 1.29 is 13.2 Å². The largest absolute Gasteiger partial charge is 0.343 e. The van der Waals surface area contributed by atoms with Gasteiger partial charge in [0.05, 0.1) is 17.6 Å². The minimum absolute atomic E-state index is 0.00748. The molecule has 0 aromatic heterocycles. The molecule has 0 heterocycles. The molecule has 8 nitrogen and oxygen atoms in total. The maximum Gasteiger partial charge on any atom is 0.343 e. The summed E-state index contributed by atoms with van der Waals surface area (Å²) in [6.07, 6.45) is 4.69. The van der Waals surface area contributed by atoms with Crippen molar-refractivity contribution in [1.29, 1.82) is 0 Å². The number of nitroso groups, excluding NO2 is 1. The first kappa shape index (κ1) is 20.1. The van der Waals surface area contributed by atoms with Crippen LogP contribution in [0.4, 0.5) is 4.79 Å². The Morgan fingerprint density at radius 1 is 1.17 bits per heavy atom. The van der Waals surface area contributed by atoms with Gasteiger partial charge in [0.2, 0.25) is 10.0 Å². The standard InChI is InChI=1S/C13H25ClN4O4S/c1-16(2)23(21,22)11-10-17(12-6-4-3-5-7-12)13(19)18(15-20)9-8-14/h12H,3-11H2,1-2H3. The van der Waals surface area contributed by atoms with E-state index in [4.69, 9.17) is 11.6 Å². The van der Waals surface area contributed by atoms with E-state index in [2.05, 4.69) is 5.29 Å². The Kier molecular flexibility index (Phi) is 8.21. The van der Waals surface area contributed by atoms with Crippen molar-refractivity contribution in [2.24, 2.45) is 5.29 Å². The van der Waals surface area contributed by atoms with Gasteiger partial charge in [-0.25, -0.2) is 17.5 Å². The van der Waals surface area contributed by atoms with Gasteiger partial charge in [-0.1, -0.05) is 19.3 Å². The first-order valence-corrected chi connectivity index (χ1v) is 9.85. The summed E-state index contributed by atoms with van der Waals surface area (Å²) in [5.74, 6) is -0.0954. The smallest absolute Gasteiger partial charge is 0.319 e. The van der Waals surface area contributed by atoms with Crippen molar-refractivity contribution in [1.82, 2.24) is 14.2 Å². The molecule has 1 rings (SSSR count). The van der Waals surface area contributed by atoms with E-state index in [9.17, 15) is 18.1 Å². The molecule has 1 aliphatic rings. The second-order valence-corrected chi connectivity index (χ2v) is 8.44. The molecule has 0 bridgehead atoms. The highest BCUT2D eigenvalue weighted by molar-refractivity contribution is 7.89. The van der Waals surface area contributed by atoms with Crippen LogP contribution >= 0.6 is 11.6 Å². The molecule has 1 fully saturated rings. The fourth-order valence-electron chi connectivity index (χ4n) is 2.62. The Hall–Kier alpha value is -0.930. The molecule has 0 spiro atoms. The van der Waals surface area contributed by atoms with Crippen molar-refractivity contribution >= 4 is 27.7 Å². The minimum atomic E-state index is -3.42. The Morgan fingerprint density at radius 3 is 2.26 bits per heavy atom. The Bertz CT molecular complexity index is 494. The van der Waals surface area contributed by atoms with Crippen LogP contribution in [0.1, 0.15) is 32.1 Å². The highest BCUT2D eigenvalue weighted by Crippen LogP contribution is 2.24. The fraction of sp³-hybridized carbons (Fsp3) is 0.923. The van der Waals surface area contributed by atoms with Gasteiger partial charge >= 0.3 is 6.03 Å². The molecule has 0 aromatic rings. The summed E-state index contributed by atoms with van der Waals surface area (Å²) < 4.78 is 25.1. The maximum absolute atomic E-state index is 12.5. The average molecular weight is 369 g/mol. The molecule has 1 saturated carbocycles. The monoisotopic (exact) mass is 368 g/mol. The summed E-state index contributed by atoms with van der Waals surface area (Å²) in [6.45, 7) is 0.0475. The second kappa shape index (κ2) is 9.39. The summed E-state index contributed by atoms with van der Waals surface area (Å²) in [7, 11) is -0.518. The Balaban J connectivity index is 2.88. The van der Waals surface area contributed by atoms with Crippen LogP contribution in [0.5, 0.6) is 0 Å². The van der Waals surface area contributed by atoms with Crippen LogP contribution in [-0.2, 0) is 10.0 Å². The van der Waals surface area contributed by atoms with Crippen LogP contribution in [0.25, 0.3) is 0 Å². The van der Waals surface area contributed by atoms with E-state index in [-0.39, 0.29) is 30.8 Å². The molecule has 23 heavy (non-hydrogen) atoms. The van der Waals surface area contributed by atoms with Gasteiger partial charge in [-0.05, 0) is 12.8 Å². The van der Waals surface area contributed by atoms with Crippen LogP contribution in [0.2, 0.25) is 0 Å². The molecule has 0 aliphatic heterocycles. The molecule has 0 atom stereocenters. The van der Waals surface area contributed by atoms with Crippen LogP contribution in [0.15, 0.2) is 5.29 Å². The predicted molar refractivity (Wildman–Crippen MR) is 89.7 cm³/mol. The molecule has 0 unspecified atom stereocenters. The Morgan fingerprint density at radius 2 is 1.78 bits per heavy atom. The van der Waals surface area contributed by atoms with Crippen molar-refractivity contribution in [3.05, 3.63) is 4.91 Å². The number of sulfonamides is 1. The molecule has 0 aromatic carbocycles. The molecular weight excluding hydrogens is 344 g/mol. The zero-order chi connectivity index (χ0) is 17.5. The number of alkyl halides is 1. The van der Waals surface area contributed by atoms with Gasteiger partial charge in [0.15, 0.2) is 0 Å². The van der Waals surface area contributed by atoms with E-state index < -0.39 is 16.1 Å². The lowest BCUT2D eigenvalue weighted by Crippen LogP contribution is -2.49. The third kappa shape index (κ3) is 5.89. The lowest BCUT2D eigenvalue weighted by Gasteiger charge is -2.35. The zero-order valence-electron chi connectivity index (χ0n) is 13.6. The first-order chi connectivity index (χ1) is 10.8. The zero-order valence-corrected chi connectivity index (χ0v) is 15.2. The Labute approximate surface area is 142 Å². The molecule has 1 aliphatic carbocycles. The lowest BCUT2D eigenvalue weighted by molar-refractivity contribution is 0.125. The van der Waals surface area contributed by atoms with Gasteiger partial charge in [-0.15, -0.1) is 16.5 Å². The number of urea groups is 1. The molecule has 0 N–H and O–H groups in total. The molecule has 10 heteroatoms. The van der Waals surface area contributed by atoms with Crippen LogP contribution < -0.4 is 0 Å². The maximum atomic E-state index is 12.5. The summed E-state index contributed by atoms with van der Waals surface area (Å²) in [5.41, 5.74) is 0. The van der Waals surface area contributed by atoms with Crippen molar-refractivity contribution in [2.75, 3.05) is 38.8 Å². The second-order valence-electron chi connectivity index (χ2n) is 5.76. The van der Waals surface area contributed by atoms with Crippen LogP contribution in [-0.4, -0.2) is 73.5 Å². The summed E-state index contributed by atoms with van der Waals surface area (Å²) >= 11 is 5.59. The van der Waals surface area contributed by atoms with Gasteiger partial charge in [0.1, 0.15) is 0 Å². The lowest BCUT2D eigenvalue weighted by atomic mass is 9.94. The minimum Gasteiger partial charge on any atom is -0.319 e. The van der Waals surface area contributed by atoms with Gasteiger partial charge in [0, 0.05) is 32.6 Å². The van der Waals surface area contributed by atoms with Crippen molar-refractivity contribution in [3.63, 3.8) is 0 Å². The van der Waals surface area contributed by atoms with Gasteiger partial charge in [-0.2, -0.15) is 5.01 Å². The van der Waals surface area contributed by atoms with E-state index in [0.29, 0.717) is 0 Å². The number of carbonyl (C=O) groups is 1. The van der Waals surface area contributed by atoms with Crippen molar-refractivity contribution in [2.45, 2.75) is 38.1 Å². The third-order valence-electron chi connectivity index (χ3n) is 4.02. The van der Waals surface area contributed by atoms with Gasteiger partial charge in [-0.3, -0.25) is 0 Å². The van der Waals surface area contributed by atoms with E-state index in [0.717, 1.165) is 41.4 Å². The van der Waals surface area contributed by atoms with E-state index in [1.807, 2.05) is 0 Å². The van der Waals surface area contributed by atoms with Gasteiger partial charge in [0.25, 0.3) is 0 Å². The average Bonchev–Trinajstić information content (AvgIpc) is 2.53. The SMILES string of the molecule is CN(C)S(=O)(=O)CCN(C(=O)N(CCCl)N=O)C1CCCCC1. The van der Waals surface area contributed by atoms with E-state index in [1.165, 1.54) is 19.0 Å². The summed E-state index contributed by atoms with van der Waals surface area (Å²) in [5, 5.41) is 3.49. The predicted octanol–water partition coefficient (Wildman–Crippen LogP) is 1.85. The summed E-state index contributed by atoms with van der Waals surface area (Å²) in [4.78, 5) is 24.9. The highest BCUT2D eigenvalue weighted by Gasteiger charge is 2.30. The number of hydrogen-bond donors (Lipinski definition) is 0. The van der Waals surface area contributed by atoms with Crippen LogP contribution in [0.3, 0.4) is 0 Å². The molecular formula is C13H25ClN4O4S. The fourth-order valence-corrected chi connectivity index (χ4v) is 3.58. The number of rotatable bonds is 8. The molecule has 134 valence electrons. The molecule has 0 radical (unpaired) electrons. The number of nitrogens with zero attached hydrogens (tertiary/aromatic N) is 4.